The summed E-state index contributed by atoms with van der Waals surface area (Å²) in [6.45, 7) is 4.46. The number of nitrogens with one attached hydrogen (secondary N) is 2. The number of rotatable bonds is 6. The number of amides is 1. The number of carbonyl (C=O) groups excluding carboxylic acids is 1. The Morgan fingerprint density at radius 1 is 1.24 bits per heavy atom. The smallest absolute Gasteiger partial charge is 0.238 e. The van der Waals surface area contributed by atoms with Crippen LogP contribution < -0.4 is 10.6 Å². The zero-order valence-electron chi connectivity index (χ0n) is 12.1. The van der Waals surface area contributed by atoms with Crippen molar-refractivity contribution in [3.05, 3.63) is 52.5 Å². The monoisotopic (exact) mass is 306 g/mol. The highest BCUT2D eigenvalue weighted by atomic mass is 32.1. The van der Waals surface area contributed by atoms with E-state index >= 15 is 0 Å². The molecule has 1 atom stereocenters. The molecule has 0 bridgehead atoms. The highest BCUT2D eigenvalue weighted by Gasteiger charge is 2.17. The van der Waals surface area contributed by atoms with Gasteiger partial charge in [0.25, 0.3) is 0 Å². The molecule has 0 aliphatic heterocycles. The summed E-state index contributed by atoms with van der Waals surface area (Å²) >= 11 is 1.68. The highest BCUT2D eigenvalue weighted by Crippen LogP contribution is 2.25. The molecule has 112 valence electrons. The van der Waals surface area contributed by atoms with E-state index in [4.69, 9.17) is 0 Å². The highest BCUT2D eigenvalue weighted by molar-refractivity contribution is 7.10. The first kappa shape index (κ1) is 15.7. The molecule has 0 radical (unpaired) electrons. The Bertz CT molecular complexity index is 566. The van der Waals surface area contributed by atoms with E-state index in [-0.39, 0.29) is 24.3 Å². The van der Waals surface area contributed by atoms with E-state index in [1.165, 1.54) is 17.0 Å². The molecule has 2 N–H and O–H groups in total. The summed E-state index contributed by atoms with van der Waals surface area (Å²) in [7, 11) is 0. The zero-order valence-corrected chi connectivity index (χ0v) is 12.9. The molecular formula is C16H19FN2OS. The van der Waals surface area contributed by atoms with Crippen molar-refractivity contribution in [3.8, 4) is 0 Å². The second-order valence-electron chi connectivity index (χ2n) is 5.17. The number of carbonyl (C=O) groups is 1. The fraction of sp³-hybridized carbons (Fsp3) is 0.312. The molecule has 0 aliphatic carbocycles. The molecule has 2 aromatic rings. The van der Waals surface area contributed by atoms with Crippen molar-refractivity contribution in [1.82, 2.24) is 5.32 Å². The number of halogens is 1. The van der Waals surface area contributed by atoms with Gasteiger partial charge in [0, 0.05) is 16.6 Å². The summed E-state index contributed by atoms with van der Waals surface area (Å²) in [5.74, 6) is -0.0604. The van der Waals surface area contributed by atoms with Gasteiger partial charge in [-0.15, -0.1) is 11.3 Å². The van der Waals surface area contributed by atoms with Crippen LogP contribution in [0, 0.1) is 11.7 Å². The predicted octanol–water partition coefficient (Wildman–Crippen LogP) is 3.81. The Morgan fingerprint density at radius 3 is 2.52 bits per heavy atom. The van der Waals surface area contributed by atoms with Crippen LogP contribution in [-0.4, -0.2) is 12.5 Å². The molecule has 2 rings (SSSR count). The lowest BCUT2D eigenvalue weighted by molar-refractivity contribution is -0.115. The van der Waals surface area contributed by atoms with Crippen LogP contribution in [0.2, 0.25) is 0 Å². The van der Waals surface area contributed by atoms with E-state index in [1.807, 2.05) is 11.4 Å². The summed E-state index contributed by atoms with van der Waals surface area (Å²) in [5, 5.41) is 8.05. The van der Waals surface area contributed by atoms with E-state index in [0.29, 0.717) is 11.6 Å². The van der Waals surface area contributed by atoms with Crippen LogP contribution >= 0.6 is 11.3 Å². The van der Waals surface area contributed by atoms with Crippen LogP contribution in [0.5, 0.6) is 0 Å². The Hall–Kier alpha value is -1.72. The van der Waals surface area contributed by atoms with E-state index < -0.39 is 0 Å². The van der Waals surface area contributed by atoms with Crippen LogP contribution in [0.4, 0.5) is 10.1 Å². The van der Waals surface area contributed by atoms with E-state index in [2.05, 4.69) is 30.5 Å². The molecule has 0 saturated heterocycles. The number of benzene rings is 1. The van der Waals surface area contributed by atoms with Gasteiger partial charge in [-0.25, -0.2) is 4.39 Å². The van der Waals surface area contributed by atoms with Crippen LogP contribution in [0.15, 0.2) is 41.8 Å². The second kappa shape index (κ2) is 7.33. The summed E-state index contributed by atoms with van der Waals surface area (Å²) < 4.78 is 12.8. The standard InChI is InChI=1S/C16H19FN2OS/c1-11(2)16(14-4-3-9-21-14)18-10-15(20)19-13-7-5-12(17)6-8-13/h3-9,11,16,18H,10H2,1-2H3,(H,19,20). The molecule has 0 aliphatic rings. The minimum atomic E-state index is -0.316. The molecule has 3 nitrogen and oxygen atoms in total. The average molecular weight is 306 g/mol. The maximum absolute atomic E-state index is 12.8. The molecular weight excluding hydrogens is 287 g/mol. The summed E-state index contributed by atoms with van der Waals surface area (Å²) in [4.78, 5) is 13.2. The number of hydrogen-bond acceptors (Lipinski definition) is 3. The van der Waals surface area contributed by atoms with Gasteiger partial charge in [-0.05, 0) is 41.6 Å². The second-order valence-corrected chi connectivity index (χ2v) is 6.15. The SMILES string of the molecule is CC(C)C(NCC(=O)Nc1ccc(F)cc1)c1cccs1. The molecule has 21 heavy (non-hydrogen) atoms. The summed E-state index contributed by atoms with van der Waals surface area (Å²) in [5.41, 5.74) is 0.598. The van der Waals surface area contributed by atoms with Crippen molar-refractivity contribution in [2.45, 2.75) is 19.9 Å². The Morgan fingerprint density at radius 2 is 1.95 bits per heavy atom. The molecule has 1 amide bonds. The van der Waals surface area contributed by atoms with Crippen LogP contribution in [0.1, 0.15) is 24.8 Å². The Labute approximate surface area is 128 Å². The van der Waals surface area contributed by atoms with Crippen molar-refractivity contribution in [2.75, 3.05) is 11.9 Å². The number of thiophene rings is 1. The third-order valence-corrected chi connectivity index (χ3v) is 4.08. The van der Waals surface area contributed by atoms with Crippen LogP contribution in [-0.2, 0) is 4.79 Å². The lowest BCUT2D eigenvalue weighted by atomic mass is 10.0. The van der Waals surface area contributed by atoms with E-state index in [1.54, 1.807) is 23.5 Å². The van der Waals surface area contributed by atoms with Crippen molar-refractivity contribution in [3.63, 3.8) is 0 Å². The van der Waals surface area contributed by atoms with Gasteiger partial charge in [0.2, 0.25) is 5.91 Å². The number of anilines is 1. The van der Waals surface area contributed by atoms with Gasteiger partial charge in [0.15, 0.2) is 0 Å². The normalized spacial score (nSPS) is 12.4. The van der Waals surface area contributed by atoms with Crippen molar-refractivity contribution < 1.29 is 9.18 Å². The van der Waals surface area contributed by atoms with Gasteiger partial charge in [0.1, 0.15) is 5.82 Å². The lowest BCUT2D eigenvalue weighted by Crippen LogP contribution is -2.33. The largest absolute Gasteiger partial charge is 0.325 e. The first-order valence-corrected chi connectivity index (χ1v) is 7.76. The zero-order chi connectivity index (χ0) is 15.2. The van der Waals surface area contributed by atoms with Gasteiger partial charge in [-0.3, -0.25) is 4.79 Å². The van der Waals surface area contributed by atoms with Gasteiger partial charge in [-0.1, -0.05) is 19.9 Å². The van der Waals surface area contributed by atoms with Gasteiger partial charge >= 0.3 is 0 Å². The van der Waals surface area contributed by atoms with Gasteiger partial charge in [0.05, 0.1) is 6.54 Å². The fourth-order valence-electron chi connectivity index (χ4n) is 2.07. The summed E-state index contributed by atoms with van der Waals surface area (Å²) in [6, 6.07) is 9.98. The molecule has 1 unspecified atom stereocenters. The maximum Gasteiger partial charge on any atom is 0.238 e. The Balaban J connectivity index is 1.89. The molecule has 0 saturated carbocycles. The maximum atomic E-state index is 12.8. The lowest BCUT2D eigenvalue weighted by Gasteiger charge is -2.21. The minimum Gasteiger partial charge on any atom is -0.325 e. The third kappa shape index (κ3) is 4.65. The van der Waals surface area contributed by atoms with Crippen LogP contribution in [0.3, 0.4) is 0 Å². The first-order valence-electron chi connectivity index (χ1n) is 6.88. The molecule has 0 spiro atoms. The van der Waals surface area contributed by atoms with Crippen molar-refractivity contribution in [1.29, 1.82) is 0 Å². The molecule has 1 heterocycles. The van der Waals surface area contributed by atoms with Crippen molar-refractivity contribution in [2.24, 2.45) is 5.92 Å². The molecule has 1 aromatic carbocycles. The van der Waals surface area contributed by atoms with E-state index in [0.717, 1.165) is 0 Å². The summed E-state index contributed by atoms with van der Waals surface area (Å²) in [6.07, 6.45) is 0. The molecule has 1 aromatic heterocycles. The molecule has 5 heteroatoms. The topological polar surface area (TPSA) is 41.1 Å². The van der Waals surface area contributed by atoms with Gasteiger partial charge < -0.3 is 10.6 Å². The van der Waals surface area contributed by atoms with Crippen molar-refractivity contribution >= 4 is 22.9 Å². The first-order chi connectivity index (χ1) is 10.1. The van der Waals surface area contributed by atoms with E-state index in [9.17, 15) is 9.18 Å². The molecule has 0 fully saturated rings. The predicted molar refractivity (Wildman–Crippen MR) is 84.9 cm³/mol. The Kier molecular flexibility index (Phi) is 5.47. The number of hydrogen-bond donors (Lipinski definition) is 2. The fourth-order valence-corrected chi connectivity index (χ4v) is 3.05. The average Bonchev–Trinajstić information content (AvgIpc) is 2.95. The van der Waals surface area contributed by atoms with Crippen LogP contribution in [0.25, 0.3) is 0 Å². The quantitative estimate of drug-likeness (QED) is 0.852. The van der Waals surface area contributed by atoms with Gasteiger partial charge in [-0.2, -0.15) is 0 Å². The third-order valence-electron chi connectivity index (χ3n) is 3.13. The minimum absolute atomic E-state index is 0.135.